The Hall–Kier alpha value is -1.71. The number of ketones is 1. The molecule has 5 heteroatoms. The van der Waals surface area contributed by atoms with Crippen molar-refractivity contribution in [3.8, 4) is 11.5 Å². The van der Waals surface area contributed by atoms with Gasteiger partial charge in [0.05, 0.1) is 12.1 Å². The zero-order valence-corrected chi connectivity index (χ0v) is 12.2. The van der Waals surface area contributed by atoms with Crippen molar-refractivity contribution in [1.29, 1.82) is 0 Å². The molecule has 0 amide bonds. The predicted octanol–water partition coefficient (Wildman–Crippen LogP) is 4.26. The number of Topliss-reactive ketones (excluding diaryl/α,β-unsaturated/α-hetero) is 1. The Morgan fingerprint density at radius 2 is 1.95 bits per heavy atom. The minimum atomic E-state index is -0.157. The lowest BCUT2D eigenvalue weighted by Gasteiger charge is -2.08. The van der Waals surface area contributed by atoms with Crippen LogP contribution in [-0.4, -0.2) is 19.5 Å². The zero-order valence-electron chi connectivity index (χ0n) is 10.7. The van der Waals surface area contributed by atoms with Crippen molar-refractivity contribution in [2.24, 2.45) is 0 Å². The summed E-state index contributed by atoms with van der Waals surface area (Å²) in [4.78, 5) is 12.0. The first-order valence-electron chi connectivity index (χ1n) is 5.85. The van der Waals surface area contributed by atoms with Crippen LogP contribution in [0.1, 0.15) is 10.4 Å². The lowest BCUT2D eigenvalue weighted by molar-refractivity contribution is 0.0921. The Balaban J connectivity index is 2.04. The Morgan fingerprint density at radius 3 is 2.65 bits per heavy atom. The normalized spacial score (nSPS) is 10.2. The minimum Gasteiger partial charge on any atom is -0.497 e. The molecule has 0 heterocycles. The quantitative estimate of drug-likeness (QED) is 0.774. The summed E-state index contributed by atoms with van der Waals surface area (Å²) in [6.07, 6.45) is 0. The fourth-order valence-corrected chi connectivity index (χ4v) is 2.08. The van der Waals surface area contributed by atoms with Gasteiger partial charge in [-0.05, 0) is 30.3 Å². The molecule has 3 nitrogen and oxygen atoms in total. The summed E-state index contributed by atoms with van der Waals surface area (Å²) >= 11 is 11.8. The van der Waals surface area contributed by atoms with Crippen LogP contribution in [0.3, 0.4) is 0 Å². The Bertz CT molecular complexity index is 626. The van der Waals surface area contributed by atoms with Crippen LogP contribution in [0.2, 0.25) is 10.0 Å². The molecule has 0 atom stereocenters. The lowest BCUT2D eigenvalue weighted by Crippen LogP contribution is -2.11. The number of carbonyl (C=O) groups is 1. The number of rotatable bonds is 5. The predicted molar refractivity (Wildman–Crippen MR) is 79.3 cm³/mol. The third-order valence-corrected chi connectivity index (χ3v) is 3.17. The number of benzene rings is 2. The molecule has 0 bridgehead atoms. The van der Waals surface area contributed by atoms with E-state index in [1.165, 1.54) is 0 Å². The molecule has 0 saturated heterocycles. The molecule has 0 radical (unpaired) electrons. The van der Waals surface area contributed by atoms with Crippen LogP contribution in [-0.2, 0) is 0 Å². The van der Waals surface area contributed by atoms with Gasteiger partial charge in [0.1, 0.15) is 11.5 Å². The maximum atomic E-state index is 12.0. The van der Waals surface area contributed by atoms with Gasteiger partial charge in [0.2, 0.25) is 0 Å². The van der Waals surface area contributed by atoms with Gasteiger partial charge in [-0.15, -0.1) is 0 Å². The van der Waals surface area contributed by atoms with Gasteiger partial charge in [-0.1, -0.05) is 35.3 Å². The van der Waals surface area contributed by atoms with E-state index in [0.29, 0.717) is 27.1 Å². The minimum absolute atomic E-state index is 0.103. The molecule has 0 aromatic heterocycles. The van der Waals surface area contributed by atoms with Crippen molar-refractivity contribution in [3.63, 3.8) is 0 Å². The van der Waals surface area contributed by atoms with E-state index in [0.717, 1.165) is 0 Å². The van der Waals surface area contributed by atoms with Gasteiger partial charge in [0.15, 0.2) is 12.4 Å². The maximum Gasteiger partial charge on any atom is 0.200 e. The highest BCUT2D eigenvalue weighted by molar-refractivity contribution is 6.35. The van der Waals surface area contributed by atoms with Crippen molar-refractivity contribution < 1.29 is 14.3 Å². The van der Waals surface area contributed by atoms with E-state index in [1.807, 2.05) is 0 Å². The summed E-state index contributed by atoms with van der Waals surface area (Å²) in [5.41, 5.74) is 0.523. The van der Waals surface area contributed by atoms with Crippen LogP contribution < -0.4 is 9.47 Å². The second-order valence-corrected chi connectivity index (χ2v) is 4.86. The molecule has 0 fully saturated rings. The second-order valence-electron chi connectivity index (χ2n) is 4.02. The molecule has 104 valence electrons. The standard InChI is InChI=1S/C15H12Cl2O3/c1-19-12-4-2-3-10(7-12)14(18)9-20-15-6-5-11(16)8-13(15)17/h2-8H,9H2,1H3. The average Bonchev–Trinajstić information content (AvgIpc) is 2.46. The summed E-state index contributed by atoms with van der Waals surface area (Å²) in [6.45, 7) is -0.103. The molecular weight excluding hydrogens is 299 g/mol. The third-order valence-electron chi connectivity index (χ3n) is 2.64. The third kappa shape index (κ3) is 3.65. The molecule has 2 rings (SSSR count). The molecule has 0 aliphatic carbocycles. The number of methoxy groups -OCH3 is 1. The number of halogens is 2. The molecule has 0 unspecified atom stereocenters. The fraction of sp³-hybridized carbons (Fsp3) is 0.133. The van der Waals surface area contributed by atoms with Crippen molar-refractivity contribution in [2.45, 2.75) is 0 Å². The summed E-state index contributed by atoms with van der Waals surface area (Å²) in [5.74, 6) is 0.891. The van der Waals surface area contributed by atoms with Gasteiger partial charge in [-0.2, -0.15) is 0 Å². The first-order chi connectivity index (χ1) is 9.60. The topological polar surface area (TPSA) is 35.5 Å². The highest BCUT2D eigenvalue weighted by Gasteiger charge is 2.09. The average molecular weight is 311 g/mol. The van der Waals surface area contributed by atoms with E-state index in [9.17, 15) is 4.79 Å². The molecule has 2 aromatic rings. The molecule has 0 N–H and O–H groups in total. The molecule has 0 spiro atoms. The Labute approximate surface area is 127 Å². The van der Waals surface area contributed by atoms with Crippen molar-refractivity contribution in [3.05, 3.63) is 58.1 Å². The van der Waals surface area contributed by atoms with Gasteiger partial charge in [0.25, 0.3) is 0 Å². The van der Waals surface area contributed by atoms with Gasteiger partial charge in [0, 0.05) is 10.6 Å². The molecule has 2 aromatic carbocycles. The highest BCUT2D eigenvalue weighted by atomic mass is 35.5. The van der Waals surface area contributed by atoms with Crippen molar-refractivity contribution in [1.82, 2.24) is 0 Å². The van der Waals surface area contributed by atoms with Crippen LogP contribution in [0, 0.1) is 0 Å². The summed E-state index contributed by atoms with van der Waals surface area (Å²) < 4.78 is 10.5. The molecule has 0 aliphatic rings. The van der Waals surface area contributed by atoms with Gasteiger partial charge < -0.3 is 9.47 Å². The Morgan fingerprint density at radius 1 is 1.15 bits per heavy atom. The van der Waals surface area contributed by atoms with Crippen LogP contribution >= 0.6 is 23.2 Å². The monoisotopic (exact) mass is 310 g/mol. The lowest BCUT2D eigenvalue weighted by atomic mass is 10.1. The van der Waals surface area contributed by atoms with Crippen molar-refractivity contribution in [2.75, 3.05) is 13.7 Å². The van der Waals surface area contributed by atoms with E-state index in [4.69, 9.17) is 32.7 Å². The zero-order chi connectivity index (χ0) is 14.5. The first-order valence-corrected chi connectivity index (χ1v) is 6.61. The van der Waals surface area contributed by atoms with Crippen LogP contribution in [0.5, 0.6) is 11.5 Å². The highest BCUT2D eigenvalue weighted by Crippen LogP contribution is 2.27. The Kier molecular flexibility index (Phi) is 4.88. The summed E-state index contributed by atoms with van der Waals surface area (Å²) in [7, 11) is 1.55. The van der Waals surface area contributed by atoms with E-state index >= 15 is 0 Å². The molecular formula is C15H12Cl2O3. The van der Waals surface area contributed by atoms with E-state index in [-0.39, 0.29) is 12.4 Å². The smallest absolute Gasteiger partial charge is 0.200 e. The molecule has 20 heavy (non-hydrogen) atoms. The van der Waals surface area contributed by atoms with E-state index in [1.54, 1.807) is 49.6 Å². The largest absolute Gasteiger partial charge is 0.497 e. The maximum absolute atomic E-state index is 12.0. The number of carbonyl (C=O) groups excluding carboxylic acids is 1. The molecule has 0 saturated carbocycles. The van der Waals surface area contributed by atoms with Crippen LogP contribution in [0.15, 0.2) is 42.5 Å². The molecule has 0 aliphatic heterocycles. The number of hydrogen-bond donors (Lipinski definition) is 0. The van der Waals surface area contributed by atoms with Crippen LogP contribution in [0.4, 0.5) is 0 Å². The SMILES string of the molecule is COc1cccc(C(=O)COc2ccc(Cl)cc2Cl)c1. The first kappa shape index (κ1) is 14.7. The van der Waals surface area contributed by atoms with Gasteiger partial charge in [-0.25, -0.2) is 0 Å². The number of hydrogen-bond acceptors (Lipinski definition) is 3. The summed E-state index contributed by atoms with van der Waals surface area (Å²) in [6, 6.07) is 11.7. The summed E-state index contributed by atoms with van der Waals surface area (Å²) in [5, 5.41) is 0.886. The van der Waals surface area contributed by atoms with E-state index < -0.39 is 0 Å². The van der Waals surface area contributed by atoms with Crippen LogP contribution in [0.25, 0.3) is 0 Å². The van der Waals surface area contributed by atoms with Crippen molar-refractivity contribution >= 4 is 29.0 Å². The number of ether oxygens (including phenoxy) is 2. The van der Waals surface area contributed by atoms with E-state index in [2.05, 4.69) is 0 Å². The van der Waals surface area contributed by atoms with Gasteiger partial charge >= 0.3 is 0 Å². The second kappa shape index (κ2) is 6.64. The van der Waals surface area contributed by atoms with Gasteiger partial charge in [-0.3, -0.25) is 4.79 Å². The fourth-order valence-electron chi connectivity index (χ4n) is 1.62.